The van der Waals surface area contributed by atoms with E-state index in [0.29, 0.717) is 12.2 Å². The smallest absolute Gasteiger partial charge is 0.304 e. The molecule has 0 aliphatic carbocycles. The number of aromatic amines is 1. The van der Waals surface area contributed by atoms with E-state index < -0.39 is 28.2 Å². The molecule has 1 aromatic heterocycles. The first-order valence-corrected chi connectivity index (χ1v) is 6.34. The Kier molecular flexibility index (Phi) is 3.88. The van der Waals surface area contributed by atoms with Gasteiger partial charge in [0.1, 0.15) is 5.82 Å². The Balaban J connectivity index is 2.69. The van der Waals surface area contributed by atoms with Crippen LogP contribution in [0.2, 0.25) is 0 Å². The summed E-state index contributed by atoms with van der Waals surface area (Å²) in [5.74, 6) is -1.30. The summed E-state index contributed by atoms with van der Waals surface area (Å²) in [4.78, 5) is 10.3. The third-order valence-electron chi connectivity index (χ3n) is 1.94. The third kappa shape index (κ3) is 3.54. The quantitative estimate of drug-likeness (QED) is 0.664. The van der Waals surface area contributed by atoms with Crippen LogP contribution in [-0.2, 0) is 21.2 Å². The number of nitrogens with zero attached hydrogens (tertiary/aromatic N) is 1. The average molecular weight is 247 g/mol. The topological polar surface area (TPSA) is 112 Å². The second kappa shape index (κ2) is 4.97. The van der Waals surface area contributed by atoms with Gasteiger partial charge in [-0.2, -0.15) is 5.10 Å². The minimum atomic E-state index is -3.63. The fraction of sp³-hybridized carbons (Fsp3) is 0.500. The van der Waals surface area contributed by atoms with Crippen molar-refractivity contribution in [2.24, 2.45) is 0 Å². The molecule has 0 saturated heterocycles. The summed E-state index contributed by atoms with van der Waals surface area (Å²) in [6.45, 7) is 1.86. The Hall–Kier alpha value is -1.57. The van der Waals surface area contributed by atoms with Crippen molar-refractivity contribution in [3.63, 3.8) is 0 Å². The molecular weight excluding hydrogens is 234 g/mol. The van der Waals surface area contributed by atoms with Crippen molar-refractivity contribution in [1.82, 2.24) is 10.2 Å². The molecule has 0 saturated carbocycles. The van der Waals surface area contributed by atoms with Crippen molar-refractivity contribution in [2.75, 3.05) is 10.5 Å². The van der Waals surface area contributed by atoms with Crippen LogP contribution >= 0.6 is 0 Å². The van der Waals surface area contributed by atoms with Crippen molar-refractivity contribution in [3.8, 4) is 0 Å². The lowest BCUT2D eigenvalue weighted by molar-refractivity contribution is -0.136. The van der Waals surface area contributed by atoms with Crippen LogP contribution in [0.25, 0.3) is 0 Å². The van der Waals surface area contributed by atoms with Gasteiger partial charge in [0.25, 0.3) is 0 Å². The summed E-state index contributed by atoms with van der Waals surface area (Å²) in [6.07, 6.45) is 1.73. The van der Waals surface area contributed by atoms with Crippen LogP contribution in [0.4, 0.5) is 5.82 Å². The van der Waals surface area contributed by atoms with Gasteiger partial charge in [-0.15, -0.1) is 0 Å². The van der Waals surface area contributed by atoms with E-state index in [1.165, 1.54) is 6.20 Å². The van der Waals surface area contributed by atoms with E-state index in [2.05, 4.69) is 14.9 Å². The number of carboxylic acids is 1. The number of aliphatic carboxylic acids is 1. The molecule has 0 spiro atoms. The fourth-order valence-electron chi connectivity index (χ4n) is 1.10. The molecule has 90 valence electrons. The number of carbonyl (C=O) groups is 1. The predicted molar refractivity (Wildman–Crippen MR) is 57.6 cm³/mol. The summed E-state index contributed by atoms with van der Waals surface area (Å²) in [5, 5.41) is 14.6. The monoisotopic (exact) mass is 247 g/mol. The molecule has 0 bridgehead atoms. The average Bonchev–Trinajstić information content (AvgIpc) is 2.61. The summed E-state index contributed by atoms with van der Waals surface area (Å²) in [5.41, 5.74) is 0.735. The molecule has 16 heavy (non-hydrogen) atoms. The number of rotatable bonds is 6. The largest absolute Gasteiger partial charge is 0.481 e. The van der Waals surface area contributed by atoms with Crippen molar-refractivity contribution in [2.45, 2.75) is 19.8 Å². The Bertz CT molecular complexity index is 465. The maximum atomic E-state index is 11.4. The normalized spacial score (nSPS) is 11.3. The number of H-pyrrole nitrogens is 1. The molecule has 0 radical (unpaired) electrons. The number of hydrogen-bond acceptors (Lipinski definition) is 4. The number of hydrogen-bond donors (Lipinski definition) is 3. The molecule has 0 aliphatic heterocycles. The SMILES string of the molecule is CCc1cn[nH]c1NS(=O)(=O)CCC(=O)O. The van der Waals surface area contributed by atoms with E-state index in [1.54, 1.807) is 0 Å². The second-order valence-electron chi connectivity index (χ2n) is 3.19. The Morgan fingerprint density at radius 1 is 1.62 bits per heavy atom. The zero-order valence-electron chi connectivity index (χ0n) is 8.73. The maximum absolute atomic E-state index is 11.4. The van der Waals surface area contributed by atoms with E-state index in [1.807, 2.05) is 6.92 Å². The highest BCUT2D eigenvalue weighted by atomic mass is 32.2. The lowest BCUT2D eigenvalue weighted by atomic mass is 10.3. The van der Waals surface area contributed by atoms with Gasteiger partial charge in [0.15, 0.2) is 0 Å². The summed E-state index contributed by atoms with van der Waals surface area (Å²) in [6, 6.07) is 0. The molecule has 1 heterocycles. The minimum absolute atomic E-state index is 0.299. The van der Waals surface area contributed by atoms with Crippen molar-refractivity contribution in [3.05, 3.63) is 11.8 Å². The van der Waals surface area contributed by atoms with E-state index in [-0.39, 0.29) is 0 Å². The molecule has 0 amide bonds. The van der Waals surface area contributed by atoms with Crippen LogP contribution in [0.15, 0.2) is 6.20 Å². The number of carboxylic acid groups (broad SMARTS) is 1. The molecule has 0 atom stereocenters. The Morgan fingerprint density at radius 3 is 2.88 bits per heavy atom. The maximum Gasteiger partial charge on any atom is 0.304 e. The van der Waals surface area contributed by atoms with Crippen molar-refractivity contribution in [1.29, 1.82) is 0 Å². The van der Waals surface area contributed by atoms with Crippen LogP contribution in [-0.4, -0.2) is 35.4 Å². The van der Waals surface area contributed by atoms with Crippen LogP contribution in [0.1, 0.15) is 18.9 Å². The van der Waals surface area contributed by atoms with Gasteiger partial charge >= 0.3 is 5.97 Å². The van der Waals surface area contributed by atoms with Crippen molar-refractivity contribution < 1.29 is 18.3 Å². The molecule has 0 unspecified atom stereocenters. The van der Waals surface area contributed by atoms with Crippen molar-refractivity contribution >= 4 is 21.8 Å². The molecule has 0 aromatic carbocycles. The first-order chi connectivity index (χ1) is 7.44. The van der Waals surface area contributed by atoms with E-state index in [0.717, 1.165) is 5.56 Å². The van der Waals surface area contributed by atoms with E-state index in [4.69, 9.17) is 5.11 Å². The standard InChI is InChI=1S/C8H13N3O4S/c1-2-6-5-9-10-8(6)11-16(14,15)4-3-7(12)13/h5H,2-4H2,1H3,(H,12,13)(H2,9,10,11). The summed E-state index contributed by atoms with van der Waals surface area (Å²) < 4.78 is 25.2. The van der Waals surface area contributed by atoms with Gasteiger partial charge < -0.3 is 5.11 Å². The van der Waals surface area contributed by atoms with Gasteiger partial charge in [-0.1, -0.05) is 6.92 Å². The molecule has 0 fully saturated rings. The van der Waals surface area contributed by atoms with Gasteiger partial charge in [-0.05, 0) is 6.42 Å². The third-order valence-corrected chi connectivity index (χ3v) is 3.20. The van der Waals surface area contributed by atoms with Crippen LogP contribution in [0.5, 0.6) is 0 Å². The molecule has 1 rings (SSSR count). The second-order valence-corrected chi connectivity index (χ2v) is 5.03. The van der Waals surface area contributed by atoms with E-state index in [9.17, 15) is 13.2 Å². The highest BCUT2D eigenvalue weighted by molar-refractivity contribution is 7.92. The lowest BCUT2D eigenvalue weighted by Gasteiger charge is -2.05. The Labute approximate surface area is 92.9 Å². The van der Waals surface area contributed by atoms with Gasteiger partial charge in [0.2, 0.25) is 10.0 Å². The molecule has 0 aliphatic rings. The lowest BCUT2D eigenvalue weighted by Crippen LogP contribution is -2.19. The summed E-state index contributed by atoms with van der Waals surface area (Å²) in [7, 11) is -3.63. The van der Waals surface area contributed by atoms with Crippen LogP contribution in [0.3, 0.4) is 0 Å². The van der Waals surface area contributed by atoms with Gasteiger partial charge in [-0.25, -0.2) is 8.42 Å². The van der Waals surface area contributed by atoms with Gasteiger partial charge in [0, 0.05) is 5.56 Å². The van der Waals surface area contributed by atoms with E-state index >= 15 is 0 Å². The first-order valence-electron chi connectivity index (χ1n) is 4.69. The highest BCUT2D eigenvalue weighted by Gasteiger charge is 2.15. The Morgan fingerprint density at radius 2 is 2.31 bits per heavy atom. The summed E-state index contributed by atoms with van der Waals surface area (Å²) >= 11 is 0. The van der Waals surface area contributed by atoms with Gasteiger partial charge in [-0.3, -0.25) is 14.6 Å². The molecule has 8 heteroatoms. The van der Waals surface area contributed by atoms with Crippen LogP contribution in [0, 0.1) is 0 Å². The number of aromatic nitrogens is 2. The molecule has 3 N–H and O–H groups in total. The fourth-order valence-corrected chi connectivity index (χ4v) is 2.13. The number of sulfonamides is 1. The zero-order chi connectivity index (χ0) is 12.2. The van der Waals surface area contributed by atoms with Crippen LogP contribution < -0.4 is 4.72 Å². The number of anilines is 1. The number of nitrogens with one attached hydrogen (secondary N) is 2. The molecular formula is C8H13N3O4S. The minimum Gasteiger partial charge on any atom is -0.481 e. The number of aryl methyl sites for hydroxylation is 1. The first kappa shape index (κ1) is 12.5. The molecule has 1 aromatic rings. The van der Waals surface area contributed by atoms with Gasteiger partial charge in [0.05, 0.1) is 18.4 Å². The predicted octanol–water partition coefficient (Wildman–Crippen LogP) is 0.188. The molecule has 7 nitrogen and oxygen atoms in total. The zero-order valence-corrected chi connectivity index (χ0v) is 9.54. The highest BCUT2D eigenvalue weighted by Crippen LogP contribution is 2.13.